The fourth-order valence-electron chi connectivity index (χ4n) is 1.76. The van der Waals surface area contributed by atoms with Gasteiger partial charge in [0.2, 0.25) is 11.8 Å². The molecule has 0 saturated carbocycles. The first kappa shape index (κ1) is 13.0. The van der Waals surface area contributed by atoms with Crippen molar-refractivity contribution in [2.45, 2.75) is 19.9 Å². The number of hydrogen-bond donors (Lipinski definition) is 2. The summed E-state index contributed by atoms with van der Waals surface area (Å²) in [5.41, 5.74) is 1.48. The number of fused-ring (bicyclic) bond motifs is 1. The highest BCUT2D eigenvalue weighted by Gasteiger charge is 2.13. The second-order valence-corrected chi connectivity index (χ2v) is 4.33. The van der Waals surface area contributed by atoms with Gasteiger partial charge in [-0.05, 0) is 19.1 Å². The molecule has 1 aromatic carbocycles. The van der Waals surface area contributed by atoms with E-state index in [1.54, 1.807) is 13.1 Å². The molecule has 0 bridgehead atoms. The zero-order chi connectivity index (χ0) is 13.8. The number of para-hydroxylation sites is 1. The van der Waals surface area contributed by atoms with Gasteiger partial charge in [0.05, 0.1) is 17.4 Å². The zero-order valence-electron chi connectivity index (χ0n) is 10.8. The number of rotatable bonds is 3. The number of carbonyl (C=O) groups is 2. The van der Waals surface area contributed by atoms with Crippen LogP contribution in [-0.2, 0) is 9.59 Å². The maximum Gasteiger partial charge on any atom is 0.246 e. The van der Waals surface area contributed by atoms with Crippen molar-refractivity contribution in [1.82, 2.24) is 10.3 Å². The van der Waals surface area contributed by atoms with Crippen molar-refractivity contribution in [1.29, 1.82) is 0 Å². The van der Waals surface area contributed by atoms with E-state index >= 15 is 0 Å². The average Bonchev–Trinajstić information content (AvgIpc) is 2.37. The molecule has 1 atom stereocenters. The quantitative estimate of drug-likeness (QED) is 0.879. The summed E-state index contributed by atoms with van der Waals surface area (Å²) in [4.78, 5) is 27.0. The van der Waals surface area contributed by atoms with Crippen molar-refractivity contribution in [2.24, 2.45) is 0 Å². The molecular weight excluding hydrogens is 242 g/mol. The van der Waals surface area contributed by atoms with E-state index in [0.29, 0.717) is 5.69 Å². The van der Waals surface area contributed by atoms with Gasteiger partial charge in [0.25, 0.3) is 0 Å². The molecule has 2 N–H and O–H groups in total. The Bertz CT molecular complexity index is 625. The predicted octanol–water partition coefficient (Wildman–Crippen LogP) is 1.70. The van der Waals surface area contributed by atoms with Gasteiger partial charge >= 0.3 is 0 Å². The van der Waals surface area contributed by atoms with Gasteiger partial charge in [-0.15, -0.1) is 0 Å². The lowest BCUT2D eigenvalue weighted by Crippen LogP contribution is -2.40. The van der Waals surface area contributed by atoms with Gasteiger partial charge in [0.1, 0.15) is 6.04 Å². The van der Waals surface area contributed by atoms with Crippen LogP contribution in [0.15, 0.2) is 36.5 Å². The summed E-state index contributed by atoms with van der Waals surface area (Å²) in [6.45, 7) is 3.01. The Morgan fingerprint density at radius 1 is 1.26 bits per heavy atom. The number of hydrogen-bond acceptors (Lipinski definition) is 3. The van der Waals surface area contributed by atoms with E-state index < -0.39 is 6.04 Å². The number of aromatic nitrogens is 1. The van der Waals surface area contributed by atoms with E-state index in [2.05, 4.69) is 15.6 Å². The Labute approximate surface area is 111 Å². The summed E-state index contributed by atoms with van der Waals surface area (Å²) in [6, 6.07) is 8.92. The Morgan fingerprint density at radius 2 is 2.00 bits per heavy atom. The van der Waals surface area contributed by atoms with Crippen molar-refractivity contribution in [2.75, 3.05) is 5.32 Å². The molecule has 0 saturated heterocycles. The minimum absolute atomic E-state index is 0.237. The van der Waals surface area contributed by atoms with Crippen LogP contribution in [0.25, 0.3) is 10.9 Å². The van der Waals surface area contributed by atoms with E-state index in [0.717, 1.165) is 10.9 Å². The number of anilines is 1. The molecule has 0 aliphatic rings. The van der Waals surface area contributed by atoms with Gasteiger partial charge in [0.15, 0.2) is 0 Å². The van der Waals surface area contributed by atoms with Crippen molar-refractivity contribution in [3.8, 4) is 0 Å². The lowest BCUT2D eigenvalue weighted by atomic mass is 10.2. The molecule has 19 heavy (non-hydrogen) atoms. The average molecular weight is 257 g/mol. The Hall–Kier alpha value is -2.43. The summed E-state index contributed by atoms with van der Waals surface area (Å²) >= 11 is 0. The summed E-state index contributed by atoms with van der Waals surface area (Å²) in [5, 5.41) is 6.20. The summed E-state index contributed by atoms with van der Waals surface area (Å²) in [5.74, 6) is -0.508. The predicted molar refractivity (Wildman–Crippen MR) is 73.7 cm³/mol. The number of amides is 2. The summed E-state index contributed by atoms with van der Waals surface area (Å²) in [7, 11) is 0. The maximum atomic E-state index is 11.8. The van der Waals surface area contributed by atoms with E-state index in [9.17, 15) is 9.59 Å². The molecule has 1 unspecified atom stereocenters. The Balaban J connectivity index is 2.12. The van der Waals surface area contributed by atoms with Crippen molar-refractivity contribution < 1.29 is 9.59 Å². The third kappa shape index (κ3) is 3.28. The van der Waals surface area contributed by atoms with Crippen LogP contribution in [0, 0.1) is 0 Å². The second kappa shape index (κ2) is 5.48. The van der Waals surface area contributed by atoms with Crippen LogP contribution in [0.1, 0.15) is 13.8 Å². The Morgan fingerprint density at radius 3 is 2.74 bits per heavy atom. The SMILES string of the molecule is CC(=O)NC(C)C(=O)Nc1cnc2ccccc2c1. The van der Waals surface area contributed by atoms with Gasteiger partial charge in [0, 0.05) is 12.3 Å². The van der Waals surface area contributed by atoms with Gasteiger partial charge < -0.3 is 10.6 Å². The smallest absolute Gasteiger partial charge is 0.246 e. The van der Waals surface area contributed by atoms with Gasteiger partial charge in [-0.25, -0.2) is 0 Å². The molecule has 2 aromatic rings. The molecule has 2 rings (SSSR count). The maximum absolute atomic E-state index is 11.8. The van der Waals surface area contributed by atoms with Crippen LogP contribution in [0.4, 0.5) is 5.69 Å². The molecule has 0 aliphatic heterocycles. The van der Waals surface area contributed by atoms with Crippen LogP contribution in [0.3, 0.4) is 0 Å². The van der Waals surface area contributed by atoms with Crippen LogP contribution in [0.2, 0.25) is 0 Å². The molecule has 0 radical (unpaired) electrons. The fraction of sp³-hybridized carbons (Fsp3) is 0.214. The van der Waals surface area contributed by atoms with Crippen LogP contribution in [0.5, 0.6) is 0 Å². The van der Waals surface area contributed by atoms with Gasteiger partial charge in [-0.2, -0.15) is 0 Å². The molecule has 2 amide bonds. The van der Waals surface area contributed by atoms with Crippen molar-refractivity contribution >= 4 is 28.4 Å². The highest BCUT2D eigenvalue weighted by Crippen LogP contribution is 2.16. The lowest BCUT2D eigenvalue weighted by Gasteiger charge is -2.12. The molecule has 1 aromatic heterocycles. The van der Waals surface area contributed by atoms with Gasteiger partial charge in [-0.1, -0.05) is 18.2 Å². The number of nitrogens with one attached hydrogen (secondary N) is 2. The topological polar surface area (TPSA) is 71.1 Å². The van der Waals surface area contributed by atoms with Crippen LogP contribution in [-0.4, -0.2) is 22.8 Å². The van der Waals surface area contributed by atoms with E-state index in [-0.39, 0.29) is 11.8 Å². The molecule has 1 heterocycles. The highest BCUT2D eigenvalue weighted by atomic mass is 16.2. The monoisotopic (exact) mass is 257 g/mol. The highest BCUT2D eigenvalue weighted by molar-refractivity contribution is 5.97. The standard InChI is InChI=1S/C14H15N3O2/c1-9(16-10(2)18)14(19)17-12-7-11-5-3-4-6-13(11)15-8-12/h3-9H,1-2H3,(H,16,18)(H,17,19). The van der Waals surface area contributed by atoms with E-state index in [1.165, 1.54) is 6.92 Å². The normalized spacial score (nSPS) is 11.9. The summed E-state index contributed by atoms with van der Waals surface area (Å²) in [6.07, 6.45) is 1.60. The third-order valence-corrected chi connectivity index (χ3v) is 2.67. The first-order valence-electron chi connectivity index (χ1n) is 5.99. The first-order chi connectivity index (χ1) is 9.06. The van der Waals surface area contributed by atoms with E-state index in [1.807, 2.05) is 30.3 Å². The van der Waals surface area contributed by atoms with Crippen LogP contribution < -0.4 is 10.6 Å². The number of pyridine rings is 1. The molecular formula is C14H15N3O2. The molecule has 98 valence electrons. The fourth-order valence-corrected chi connectivity index (χ4v) is 1.76. The number of nitrogens with zero attached hydrogens (tertiary/aromatic N) is 1. The molecule has 0 aliphatic carbocycles. The zero-order valence-corrected chi connectivity index (χ0v) is 10.8. The number of benzene rings is 1. The third-order valence-electron chi connectivity index (χ3n) is 2.67. The minimum Gasteiger partial charge on any atom is -0.345 e. The molecule has 5 heteroatoms. The van der Waals surface area contributed by atoms with Crippen molar-refractivity contribution in [3.63, 3.8) is 0 Å². The molecule has 0 fully saturated rings. The first-order valence-corrected chi connectivity index (χ1v) is 5.99. The minimum atomic E-state index is -0.580. The summed E-state index contributed by atoms with van der Waals surface area (Å²) < 4.78 is 0. The number of carbonyl (C=O) groups excluding carboxylic acids is 2. The molecule has 0 spiro atoms. The van der Waals surface area contributed by atoms with Gasteiger partial charge in [-0.3, -0.25) is 14.6 Å². The van der Waals surface area contributed by atoms with E-state index in [4.69, 9.17) is 0 Å². The van der Waals surface area contributed by atoms with Crippen molar-refractivity contribution in [3.05, 3.63) is 36.5 Å². The lowest BCUT2D eigenvalue weighted by molar-refractivity contribution is -0.124. The molecule has 5 nitrogen and oxygen atoms in total. The second-order valence-electron chi connectivity index (χ2n) is 4.33. The Kier molecular flexibility index (Phi) is 3.75. The largest absolute Gasteiger partial charge is 0.345 e. The van der Waals surface area contributed by atoms with Crippen LogP contribution >= 0.6 is 0 Å².